The van der Waals surface area contributed by atoms with Gasteiger partial charge >= 0.3 is 0 Å². The number of aryl methyl sites for hydroxylation is 1. The highest BCUT2D eigenvalue weighted by atomic mass is 16.5. The highest BCUT2D eigenvalue weighted by Crippen LogP contribution is 2.40. The van der Waals surface area contributed by atoms with E-state index in [9.17, 15) is 5.11 Å². The van der Waals surface area contributed by atoms with Gasteiger partial charge < -0.3 is 20.3 Å². The molecule has 0 bridgehead atoms. The third-order valence-electron chi connectivity index (χ3n) is 5.82. The van der Waals surface area contributed by atoms with E-state index in [2.05, 4.69) is 24.1 Å². The molecular weight excluding hydrogens is 326 g/mol. The number of aliphatic hydroxyl groups is 1. The Hall–Kier alpha value is -1.38. The number of rotatable bonds is 8. The summed E-state index contributed by atoms with van der Waals surface area (Å²) in [5, 5.41) is 9.49. The molecule has 1 aromatic carbocycles. The second-order valence-corrected chi connectivity index (χ2v) is 7.79. The molecule has 1 saturated carbocycles. The molecule has 0 saturated heterocycles. The molecule has 3 rings (SSSR count). The van der Waals surface area contributed by atoms with E-state index in [1.165, 1.54) is 16.7 Å². The lowest BCUT2D eigenvalue weighted by Crippen LogP contribution is -2.40. The first-order chi connectivity index (χ1) is 12.6. The van der Waals surface area contributed by atoms with Gasteiger partial charge in [0.05, 0.1) is 32.5 Å². The highest BCUT2D eigenvalue weighted by molar-refractivity contribution is 5.36. The zero-order chi connectivity index (χ0) is 18.4. The van der Waals surface area contributed by atoms with Gasteiger partial charge in [-0.15, -0.1) is 12.3 Å². The first kappa shape index (κ1) is 19.4. The number of nitrogens with two attached hydrogens (primary N) is 1. The Labute approximate surface area is 157 Å². The van der Waals surface area contributed by atoms with Crippen molar-refractivity contribution in [2.45, 2.75) is 62.5 Å². The predicted octanol–water partition coefficient (Wildman–Crippen LogP) is 2.56. The quantitative estimate of drug-likeness (QED) is 0.554. The second kappa shape index (κ2) is 9.01. The molecule has 0 aromatic heterocycles. The van der Waals surface area contributed by atoms with Crippen molar-refractivity contribution in [2.75, 3.05) is 26.4 Å². The van der Waals surface area contributed by atoms with Crippen LogP contribution in [0.25, 0.3) is 0 Å². The van der Waals surface area contributed by atoms with Crippen molar-refractivity contribution < 1.29 is 14.6 Å². The molecule has 0 radical (unpaired) electrons. The monoisotopic (exact) mass is 357 g/mol. The summed E-state index contributed by atoms with van der Waals surface area (Å²) >= 11 is 0. The zero-order valence-corrected chi connectivity index (χ0v) is 15.6. The van der Waals surface area contributed by atoms with Crippen LogP contribution in [0.15, 0.2) is 18.2 Å². The van der Waals surface area contributed by atoms with Gasteiger partial charge in [-0.2, -0.15) is 0 Å². The average Bonchev–Trinajstić information content (AvgIpc) is 3.07. The molecule has 26 heavy (non-hydrogen) atoms. The van der Waals surface area contributed by atoms with Gasteiger partial charge in [-0.05, 0) is 61.1 Å². The highest BCUT2D eigenvalue weighted by Gasteiger charge is 2.36. The molecule has 0 heterocycles. The van der Waals surface area contributed by atoms with E-state index >= 15 is 0 Å². The maximum Gasteiger partial charge on any atom is 0.0704 e. The molecule has 0 amide bonds. The molecule has 142 valence electrons. The summed E-state index contributed by atoms with van der Waals surface area (Å²) in [6.07, 6.45) is 12.1. The average molecular weight is 357 g/mol. The fourth-order valence-electron chi connectivity index (χ4n) is 4.23. The third-order valence-corrected chi connectivity index (χ3v) is 5.82. The summed E-state index contributed by atoms with van der Waals surface area (Å²) in [6, 6.07) is 6.87. The Bertz CT molecular complexity index is 639. The molecule has 1 fully saturated rings. The molecule has 1 unspecified atom stereocenters. The van der Waals surface area contributed by atoms with Crippen molar-refractivity contribution in [3.63, 3.8) is 0 Å². The van der Waals surface area contributed by atoms with Crippen LogP contribution in [-0.2, 0) is 22.3 Å². The molecule has 1 aromatic rings. The fraction of sp³-hybridized carbons (Fsp3) is 0.636. The fourth-order valence-corrected chi connectivity index (χ4v) is 4.23. The van der Waals surface area contributed by atoms with E-state index in [1.807, 2.05) is 0 Å². The van der Waals surface area contributed by atoms with Crippen LogP contribution in [0.4, 0.5) is 0 Å². The van der Waals surface area contributed by atoms with Crippen molar-refractivity contribution in [1.82, 2.24) is 0 Å². The van der Waals surface area contributed by atoms with Gasteiger partial charge in [0, 0.05) is 12.0 Å². The molecule has 4 heteroatoms. The normalized spacial score (nSPS) is 27.9. The Kier molecular flexibility index (Phi) is 6.72. The molecule has 0 aliphatic heterocycles. The number of hydrogen-bond donors (Lipinski definition) is 2. The largest absolute Gasteiger partial charge is 0.394 e. The lowest BCUT2D eigenvalue weighted by atomic mass is 9.85. The summed E-state index contributed by atoms with van der Waals surface area (Å²) in [4.78, 5) is 0. The van der Waals surface area contributed by atoms with Gasteiger partial charge in [0.2, 0.25) is 0 Å². The van der Waals surface area contributed by atoms with Crippen LogP contribution in [-0.4, -0.2) is 43.2 Å². The number of aliphatic hydroxyl groups excluding tert-OH is 1. The van der Waals surface area contributed by atoms with Gasteiger partial charge in [-0.1, -0.05) is 18.2 Å². The number of benzene rings is 1. The van der Waals surface area contributed by atoms with Crippen LogP contribution in [0.3, 0.4) is 0 Å². The Morgan fingerprint density at radius 1 is 1.23 bits per heavy atom. The minimum atomic E-state index is -0.387. The predicted molar refractivity (Wildman–Crippen MR) is 103 cm³/mol. The lowest BCUT2D eigenvalue weighted by Gasteiger charge is -2.26. The molecular formula is C22H31NO3. The van der Waals surface area contributed by atoms with Crippen LogP contribution in [0.5, 0.6) is 0 Å². The minimum Gasteiger partial charge on any atom is -0.394 e. The van der Waals surface area contributed by atoms with Crippen molar-refractivity contribution in [3.8, 4) is 12.3 Å². The number of fused-ring (bicyclic) bond motifs is 1. The molecule has 2 aliphatic rings. The Morgan fingerprint density at radius 2 is 2.12 bits per heavy atom. The molecule has 4 nitrogen and oxygen atoms in total. The van der Waals surface area contributed by atoms with Gasteiger partial charge in [0.25, 0.3) is 0 Å². The summed E-state index contributed by atoms with van der Waals surface area (Å²) in [6.45, 7) is 1.93. The summed E-state index contributed by atoms with van der Waals surface area (Å²) in [5.41, 5.74) is 10.1. The van der Waals surface area contributed by atoms with Crippen LogP contribution < -0.4 is 5.73 Å². The zero-order valence-electron chi connectivity index (χ0n) is 15.6. The molecule has 0 spiro atoms. The van der Waals surface area contributed by atoms with E-state index in [0.29, 0.717) is 32.2 Å². The van der Waals surface area contributed by atoms with Gasteiger partial charge in [-0.25, -0.2) is 0 Å². The van der Waals surface area contributed by atoms with Gasteiger partial charge in [0.1, 0.15) is 0 Å². The smallest absolute Gasteiger partial charge is 0.0704 e. The minimum absolute atomic E-state index is 0.0832. The van der Waals surface area contributed by atoms with Gasteiger partial charge in [-0.3, -0.25) is 0 Å². The van der Waals surface area contributed by atoms with Crippen LogP contribution in [0.1, 0.15) is 54.7 Å². The van der Waals surface area contributed by atoms with E-state index < -0.39 is 0 Å². The van der Waals surface area contributed by atoms with Crippen molar-refractivity contribution in [1.29, 1.82) is 0 Å². The number of ether oxygens (including phenoxy) is 2. The summed E-state index contributed by atoms with van der Waals surface area (Å²) in [7, 11) is 0. The van der Waals surface area contributed by atoms with Crippen molar-refractivity contribution in [2.24, 2.45) is 5.73 Å². The SMILES string of the molecule is C#CCCOCCOC1CCc2cc([C@H]3CC[C@](N)(CO)C3)ccc2C1. The maximum atomic E-state index is 9.49. The first-order valence-corrected chi connectivity index (χ1v) is 9.78. The summed E-state index contributed by atoms with van der Waals surface area (Å²) < 4.78 is 11.4. The molecule has 3 N–H and O–H groups in total. The van der Waals surface area contributed by atoms with E-state index in [1.54, 1.807) is 0 Å². The number of hydrogen-bond acceptors (Lipinski definition) is 4. The first-order valence-electron chi connectivity index (χ1n) is 9.78. The number of terminal acetylenes is 1. The van der Waals surface area contributed by atoms with Crippen molar-refractivity contribution in [3.05, 3.63) is 34.9 Å². The third kappa shape index (κ3) is 4.86. The molecule has 2 aliphatic carbocycles. The van der Waals surface area contributed by atoms with Crippen LogP contribution >= 0.6 is 0 Å². The Morgan fingerprint density at radius 3 is 2.88 bits per heavy atom. The van der Waals surface area contributed by atoms with Gasteiger partial charge in [0.15, 0.2) is 0 Å². The second-order valence-electron chi connectivity index (χ2n) is 7.79. The van der Waals surface area contributed by atoms with E-state index in [-0.39, 0.29) is 18.2 Å². The lowest BCUT2D eigenvalue weighted by molar-refractivity contribution is 0.000647. The standard InChI is InChI=1S/C22H31NO3/c1-2-3-10-25-11-12-26-21-7-6-17-13-18(4-5-19(17)14-21)20-8-9-22(23,15-20)16-24/h1,4-5,13,20-21,24H,3,6-12,14-16,23H2/t20-,21?,22+/m0/s1. The molecule has 3 atom stereocenters. The topological polar surface area (TPSA) is 64.7 Å². The van der Waals surface area contributed by atoms with Crippen LogP contribution in [0, 0.1) is 12.3 Å². The Balaban J connectivity index is 1.49. The van der Waals surface area contributed by atoms with E-state index in [0.717, 1.165) is 38.5 Å². The maximum absolute atomic E-state index is 9.49. The summed E-state index contributed by atoms with van der Waals surface area (Å²) in [5.74, 6) is 3.04. The van der Waals surface area contributed by atoms with Crippen molar-refractivity contribution >= 4 is 0 Å². The van der Waals surface area contributed by atoms with E-state index in [4.69, 9.17) is 21.6 Å². The van der Waals surface area contributed by atoms with Crippen LogP contribution in [0.2, 0.25) is 0 Å².